The minimum atomic E-state index is 0.222. The Hall–Kier alpha value is -0.560. The van der Waals surface area contributed by atoms with Gasteiger partial charge in [-0.05, 0) is 27.2 Å². The largest absolute Gasteiger partial charge is 0.306 e. The lowest BCUT2D eigenvalue weighted by molar-refractivity contribution is 0.391. The number of hydrogen-bond acceptors (Lipinski definition) is 1. The van der Waals surface area contributed by atoms with Gasteiger partial charge in [0.25, 0.3) is 0 Å². The standard InChI is InChI=1S/C10H17N/c1-10(2,3)11-9-7-5-4-6-8-9/h4-7,9,11H,8H2,1-3H3. The molecule has 0 aromatic carbocycles. The van der Waals surface area contributed by atoms with Crippen LogP contribution in [0.4, 0.5) is 0 Å². The molecule has 1 atom stereocenters. The molecule has 11 heavy (non-hydrogen) atoms. The fourth-order valence-electron chi connectivity index (χ4n) is 1.24. The van der Waals surface area contributed by atoms with Crippen LogP contribution in [-0.4, -0.2) is 11.6 Å². The summed E-state index contributed by atoms with van der Waals surface area (Å²) in [5.41, 5.74) is 0.222. The molecule has 0 saturated carbocycles. The first kappa shape index (κ1) is 8.54. The van der Waals surface area contributed by atoms with Crippen molar-refractivity contribution < 1.29 is 0 Å². The Morgan fingerprint density at radius 3 is 2.45 bits per heavy atom. The van der Waals surface area contributed by atoms with Crippen LogP contribution in [0, 0.1) is 0 Å². The van der Waals surface area contributed by atoms with Gasteiger partial charge in [0.1, 0.15) is 0 Å². The molecular formula is C10H17N. The second-order valence-electron chi connectivity index (χ2n) is 4.05. The minimum absolute atomic E-state index is 0.222. The monoisotopic (exact) mass is 151 g/mol. The molecule has 0 aliphatic heterocycles. The molecule has 0 amide bonds. The molecule has 0 aromatic rings. The number of hydrogen-bond donors (Lipinski definition) is 1. The molecule has 1 unspecified atom stereocenters. The van der Waals surface area contributed by atoms with Crippen molar-refractivity contribution in [2.75, 3.05) is 0 Å². The van der Waals surface area contributed by atoms with Crippen LogP contribution in [0.25, 0.3) is 0 Å². The van der Waals surface area contributed by atoms with Gasteiger partial charge in [-0.25, -0.2) is 0 Å². The van der Waals surface area contributed by atoms with E-state index in [9.17, 15) is 0 Å². The van der Waals surface area contributed by atoms with E-state index in [1.165, 1.54) is 0 Å². The third-order valence-corrected chi connectivity index (χ3v) is 1.60. The molecule has 1 N–H and O–H groups in total. The van der Waals surface area contributed by atoms with Crippen LogP contribution in [0.2, 0.25) is 0 Å². The van der Waals surface area contributed by atoms with Gasteiger partial charge >= 0.3 is 0 Å². The molecule has 1 aliphatic carbocycles. The van der Waals surface area contributed by atoms with E-state index < -0.39 is 0 Å². The van der Waals surface area contributed by atoms with Crippen LogP contribution in [0.1, 0.15) is 27.2 Å². The molecule has 1 heteroatoms. The van der Waals surface area contributed by atoms with E-state index in [0.29, 0.717) is 6.04 Å². The molecule has 0 saturated heterocycles. The number of nitrogens with one attached hydrogen (secondary N) is 1. The molecule has 0 fully saturated rings. The summed E-state index contributed by atoms with van der Waals surface area (Å²) in [4.78, 5) is 0. The van der Waals surface area contributed by atoms with Crippen molar-refractivity contribution in [2.24, 2.45) is 0 Å². The van der Waals surface area contributed by atoms with Gasteiger partial charge in [0.15, 0.2) is 0 Å². The fraction of sp³-hybridized carbons (Fsp3) is 0.600. The molecule has 0 spiro atoms. The highest BCUT2D eigenvalue weighted by Crippen LogP contribution is 2.08. The van der Waals surface area contributed by atoms with Crippen molar-refractivity contribution >= 4 is 0 Å². The summed E-state index contributed by atoms with van der Waals surface area (Å²) in [7, 11) is 0. The van der Waals surface area contributed by atoms with Crippen molar-refractivity contribution in [3.05, 3.63) is 24.3 Å². The van der Waals surface area contributed by atoms with Crippen molar-refractivity contribution in [1.29, 1.82) is 0 Å². The van der Waals surface area contributed by atoms with Crippen LogP contribution < -0.4 is 5.32 Å². The van der Waals surface area contributed by atoms with Crippen LogP contribution in [0.15, 0.2) is 24.3 Å². The average Bonchev–Trinajstić information content (AvgIpc) is 1.85. The SMILES string of the molecule is CC(C)(C)NC1C=CC=CC1. The van der Waals surface area contributed by atoms with E-state index in [2.05, 4.69) is 50.4 Å². The minimum Gasteiger partial charge on any atom is -0.306 e. The van der Waals surface area contributed by atoms with Crippen LogP contribution in [0.5, 0.6) is 0 Å². The zero-order valence-electron chi connectivity index (χ0n) is 7.59. The zero-order valence-corrected chi connectivity index (χ0v) is 7.59. The fourth-order valence-corrected chi connectivity index (χ4v) is 1.24. The predicted octanol–water partition coefficient (Wildman–Crippen LogP) is 2.26. The van der Waals surface area contributed by atoms with Crippen LogP contribution >= 0.6 is 0 Å². The highest BCUT2D eigenvalue weighted by molar-refractivity contribution is 5.14. The van der Waals surface area contributed by atoms with Gasteiger partial charge in [-0.15, -0.1) is 0 Å². The average molecular weight is 151 g/mol. The van der Waals surface area contributed by atoms with Gasteiger partial charge in [-0.2, -0.15) is 0 Å². The van der Waals surface area contributed by atoms with Gasteiger partial charge < -0.3 is 5.32 Å². The maximum atomic E-state index is 3.52. The van der Waals surface area contributed by atoms with Crippen LogP contribution in [-0.2, 0) is 0 Å². The molecular weight excluding hydrogens is 134 g/mol. The molecule has 0 aromatic heterocycles. The third kappa shape index (κ3) is 3.38. The summed E-state index contributed by atoms with van der Waals surface area (Å²) >= 11 is 0. The second kappa shape index (κ2) is 3.22. The summed E-state index contributed by atoms with van der Waals surface area (Å²) in [5.74, 6) is 0. The summed E-state index contributed by atoms with van der Waals surface area (Å²) in [6.45, 7) is 6.58. The first-order valence-electron chi connectivity index (χ1n) is 4.19. The normalized spacial score (nSPS) is 24.1. The molecule has 1 nitrogen and oxygen atoms in total. The molecule has 1 rings (SSSR count). The van der Waals surface area contributed by atoms with E-state index in [-0.39, 0.29) is 5.54 Å². The maximum Gasteiger partial charge on any atom is 0.0292 e. The summed E-state index contributed by atoms with van der Waals surface area (Å²) < 4.78 is 0. The second-order valence-corrected chi connectivity index (χ2v) is 4.05. The lowest BCUT2D eigenvalue weighted by Gasteiger charge is -2.26. The summed E-state index contributed by atoms with van der Waals surface area (Å²) in [6.07, 6.45) is 9.73. The Balaban J connectivity index is 2.39. The highest BCUT2D eigenvalue weighted by atomic mass is 15.0. The molecule has 62 valence electrons. The van der Waals surface area contributed by atoms with Crippen LogP contribution in [0.3, 0.4) is 0 Å². The Labute approximate surface area is 69.2 Å². The van der Waals surface area contributed by atoms with Crippen molar-refractivity contribution in [3.8, 4) is 0 Å². The molecule has 0 heterocycles. The Morgan fingerprint density at radius 2 is 2.00 bits per heavy atom. The first-order chi connectivity index (χ1) is 5.08. The highest BCUT2D eigenvalue weighted by Gasteiger charge is 2.14. The molecule has 0 radical (unpaired) electrons. The number of allylic oxidation sites excluding steroid dienone is 2. The Morgan fingerprint density at radius 1 is 1.27 bits per heavy atom. The Bertz CT molecular complexity index is 172. The van der Waals surface area contributed by atoms with E-state index in [4.69, 9.17) is 0 Å². The van der Waals surface area contributed by atoms with Crippen molar-refractivity contribution in [2.45, 2.75) is 38.8 Å². The van der Waals surface area contributed by atoms with E-state index in [1.54, 1.807) is 0 Å². The van der Waals surface area contributed by atoms with E-state index in [1.807, 2.05) is 0 Å². The topological polar surface area (TPSA) is 12.0 Å². The van der Waals surface area contributed by atoms with E-state index >= 15 is 0 Å². The lowest BCUT2D eigenvalue weighted by atomic mass is 10.0. The van der Waals surface area contributed by atoms with Gasteiger partial charge in [0.05, 0.1) is 0 Å². The van der Waals surface area contributed by atoms with Gasteiger partial charge in [0, 0.05) is 11.6 Å². The lowest BCUT2D eigenvalue weighted by Crippen LogP contribution is -2.42. The van der Waals surface area contributed by atoms with Crippen molar-refractivity contribution in [1.82, 2.24) is 5.32 Å². The van der Waals surface area contributed by atoms with E-state index in [0.717, 1.165) is 6.42 Å². The smallest absolute Gasteiger partial charge is 0.0292 e. The summed E-state index contributed by atoms with van der Waals surface area (Å²) in [6, 6.07) is 0.528. The molecule has 0 bridgehead atoms. The van der Waals surface area contributed by atoms with Gasteiger partial charge in [-0.1, -0.05) is 24.3 Å². The first-order valence-corrected chi connectivity index (χ1v) is 4.19. The summed E-state index contributed by atoms with van der Waals surface area (Å²) in [5, 5.41) is 3.52. The third-order valence-electron chi connectivity index (χ3n) is 1.60. The predicted molar refractivity (Wildman–Crippen MR) is 49.6 cm³/mol. The molecule has 1 aliphatic rings. The van der Waals surface area contributed by atoms with Crippen molar-refractivity contribution in [3.63, 3.8) is 0 Å². The quantitative estimate of drug-likeness (QED) is 0.606. The van der Waals surface area contributed by atoms with Gasteiger partial charge in [0.2, 0.25) is 0 Å². The number of rotatable bonds is 1. The maximum absolute atomic E-state index is 3.52. The van der Waals surface area contributed by atoms with Gasteiger partial charge in [-0.3, -0.25) is 0 Å². The Kier molecular flexibility index (Phi) is 2.50. The zero-order chi connectivity index (χ0) is 8.32.